The molecule has 0 saturated heterocycles. The van der Waals surface area contributed by atoms with Gasteiger partial charge >= 0.3 is 0 Å². The molecule has 0 bridgehead atoms. The fourth-order valence-corrected chi connectivity index (χ4v) is 2.05. The molecule has 17 heavy (non-hydrogen) atoms. The quantitative estimate of drug-likeness (QED) is 0.860. The highest BCUT2D eigenvalue weighted by atomic mass is 15.3. The van der Waals surface area contributed by atoms with Crippen LogP contribution in [-0.4, -0.2) is 32.8 Å². The molecule has 0 radical (unpaired) electrons. The Balaban J connectivity index is 2.35. The van der Waals surface area contributed by atoms with Crippen molar-refractivity contribution in [2.45, 2.75) is 26.3 Å². The van der Waals surface area contributed by atoms with E-state index >= 15 is 0 Å². The van der Waals surface area contributed by atoms with Gasteiger partial charge in [-0.2, -0.15) is 5.10 Å². The Hall–Kier alpha value is -1.49. The minimum atomic E-state index is 0.424. The topological polar surface area (TPSA) is 55.6 Å². The van der Waals surface area contributed by atoms with E-state index in [0.29, 0.717) is 12.0 Å². The van der Waals surface area contributed by atoms with Crippen LogP contribution in [0.3, 0.4) is 0 Å². The number of nitrogens with zero attached hydrogens (tertiary/aromatic N) is 4. The third-order valence-electron chi connectivity index (χ3n) is 3.20. The number of likely N-dealkylation sites (N-methyl/N-ethyl adjacent to an activating group) is 1. The summed E-state index contributed by atoms with van der Waals surface area (Å²) in [6.45, 7) is 4.42. The summed E-state index contributed by atoms with van der Waals surface area (Å²) in [7, 11) is 3.89. The van der Waals surface area contributed by atoms with Crippen LogP contribution < -0.4 is 5.32 Å². The Bertz CT molecular complexity index is 503. The SMILES string of the molecule is CNC(Cc1ncnc2c1cnn2C)C(C)C. The van der Waals surface area contributed by atoms with Crippen molar-refractivity contribution in [3.8, 4) is 0 Å². The van der Waals surface area contributed by atoms with Crippen molar-refractivity contribution in [1.29, 1.82) is 0 Å². The van der Waals surface area contributed by atoms with Crippen LogP contribution in [0.15, 0.2) is 12.5 Å². The molecule has 2 aromatic rings. The van der Waals surface area contributed by atoms with Crippen molar-refractivity contribution in [3.63, 3.8) is 0 Å². The van der Waals surface area contributed by atoms with Gasteiger partial charge in [-0.05, 0) is 13.0 Å². The molecule has 0 saturated carbocycles. The largest absolute Gasteiger partial charge is 0.316 e. The van der Waals surface area contributed by atoms with Crippen molar-refractivity contribution in [2.24, 2.45) is 13.0 Å². The van der Waals surface area contributed by atoms with Gasteiger partial charge < -0.3 is 5.32 Å². The van der Waals surface area contributed by atoms with Crippen LogP contribution in [0, 0.1) is 5.92 Å². The average molecular weight is 233 g/mol. The van der Waals surface area contributed by atoms with Crippen molar-refractivity contribution >= 4 is 11.0 Å². The van der Waals surface area contributed by atoms with Crippen molar-refractivity contribution < 1.29 is 0 Å². The maximum Gasteiger partial charge on any atom is 0.161 e. The van der Waals surface area contributed by atoms with Crippen molar-refractivity contribution in [2.75, 3.05) is 7.05 Å². The summed E-state index contributed by atoms with van der Waals surface area (Å²) in [4.78, 5) is 8.63. The van der Waals surface area contributed by atoms with E-state index in [1.807, 2.05) is 20.3 Å². The Morgan fingerprint density at radius 2 is 2.12 bits per heavy atom. The highest BCUT2D eigenvalue weighted by Crippen LogP contribution is 2.16. The zero-order valence-electron chi connectivity index (χ0n) is 10.8. The van der Waals surface area contributed by atoms with Crippen LogP contribution in [0.25, 0.3) is 11.0 Å². The standard InChI is InChI=1S/C12H19N5/c1-8(2)10(13-3)5-11-9-6-16-17(4)12(9)15-7-14-11/h6-8,10,13H,5H2,1-4H3. The predicted molar refractivity (Wildman–Crippen MR) is 67.7 cm³/mol. The van der Waals surface area contributed by atoms with Crippen LogP contribution in [0.4, 0.5) is 0 Å². The van der Waals surface area contributed by atoms with Gasteiger partial charge in [0.1, 0.15) is 6.33 Å². The van der Waals surface area contributed by atoms with E-state index in [1.165, 1.54) is 0 Å². The highest BCUT2D eigenvalue weighted by molar-refractivity contribution is 5.76. The molecule has 1 unspecified atom stereocenters. The van der Waals surface area contributed by atoms with Gasteiger partial charge in [0.2, 0.25) is 0 Å². The number of aromatic nitrogens is 4. The Morgan fingerprint density at radius 1 is 1.35 bits per heavy atom. The van der Waals surface area contributed by atoms with Gasteiger partial charge in [0.15, 0.2) is 5.65 Å². The lowest BCUT2D eigenvalue weighted by molar-refractivity contribution is 0.422. The molecule has 5 heteroatoms. The summed E-state index contributed by atoms with van der Waals surface area (Å²) in [6.07, 6.45) is 4.36. The third kappa shape index (κ3) is 2.29. The molecule has 0 spiro atoms. The molecule has 0 aromatic carbocycles. The molecule has 0 aliphatic carbocycles. The fourth-order valence-electron chi connectivity index (χ4n) is 2.05. The molecular formula is C12H19N5. The monoisotopic (exact) mass is 233 g/mol. The Morgan fingerprint density at radius 3 is 2.76 bits per heavy atom. The first-order valence-electron chi connectivity index (χ1n) is 5.92. The summed E-state index contributed by atoms with van der Waals surface area (Å²) >= 11 is 0. The summed E-state index contributed by atoms with van der Waals surface area (Å²) in [6, 6.07) is 0.424. The first-order valence-corrected chi connectivity index (χ1v) is 5.92. The first-order chi connectivity index (χ1) is 8.13. The summed E-state index contributed by atoms with van der Waals surface area (Å²) < 4.78 is 1.78. The van der Waals surface area contributed by atoms with E-state index in [0.717, 1.165) is 23.1 Å². The van der Waals surface area contributed by atoms with Crippen LogP contribution in [-0.2, 0) is 13.5 Å². The predicted octanol–water partition coefficient (Wildman–Crippen LogP) is 1.15. The summed E-state index contributed by atoms with van der Waals surface area (Å²) in [5.74, 6) is 0.571. The maximum absolute atomic E-state index is 4.39. The van der Waals surface area contributed by atoms with Gasteiger partial charge in [0.05, 0.1) is 17.3 Å². The molecule has 0 fully saturated rings. The second-order valence-electron chi connectivity index (χ2n) is 4.67. The van der Waals surface area contributed by atoms with Gasteiger partial charge in [-0.25, -0.2) is 9.97 Å². The van der Waals surface area contributed by atoms with Gasteiger partial charge in [0.25, 0.3) is 0 Å². The molecule has 2 rings (SSSR count). The fraction of sp³-hybridized carbons (Fsp3) is 0.583. The van der Waals surface area contributed by atoms with Crippen LogP contribution in [0.1, 0.15) is 19.5 Å². The van der Waals surface area contributed by atoms with E-state index < -0.39 is 0 Å². The normalized spacial score (nSPS) is 13.5. The number of rotatable bonds is 4. The lowest BCUT2D eigenvalue weighted by Crippen LogP contribution is -2.33. The Labute approximate surface area is 101 Å². The Kier molecular flexibility index (Phi) is 3.38. The first kappa shape index (κ1) is 12.0. The second kappa shape index (κ2) is 4.79. The molecule has 0 aliphatic heterocycles. The number of aryl methyl sites for hydroxylation is 1. The average Bonchev–Trinajstić information content (AvgIpc) is 2.69. The second-order valence-corrected chi connectivity index (χ2v) is 4.67. The summed E-state index contributed by atoms with van der Waals surface area (Å²) in [5, 5.41) is 8.61. The molecule has 1 N–H and O–H groups in total. The van der Waals surface area contributed by atoms with E-state index in [9.17, 15) is 0 Å². The van der Waals surface area contributed by atoms with Gasteiger partial charge in [-0.15, -0.1) is 0 Å². The number of fused-ring (bicyclic) bond motifs is 1. The van der Waals surface area contributed by atoms with E-state index in [2.05, 4.69) is 34.2 Å². The zero-order chi connectivity index (χ0) is 12.4. The third-order valence-corrected chi connectivity index (χ3v) is 3.20. The van der Waals surface area contributed by atoms with Crippen LogP contribution in [0.2, 0.25) is 0 Å². The minimum Gasteiger partial charge on any atom is -0.316 e. The van der Waals surface area contributed by atoms with Gasteiger partial charge in [0, 0.05) is 19.5 Å². The molecule has 92 valence electrons. The lowest BCUT2D eigenvalue weighted by atomic mass is 9.98. The zero-order valence-corrected chi connectivity index (χ0v) is 10.8. The van der Waals surface area contributed by atoms with Gasteiger partial charge in [-0.3, -0.25) is 4.68 Å². The highest BCUT2D eigenvalue weighted by Gasteiger charge is 2.15. The van der Waals surface area contributed by atoms with Crippen molar-refractivity contribution in [3.05, 3.63) is 18.2 Å². The van der Waals surface area contributed by atoms with Crippen LogP contribution >= 0.6 is 0 Å². The minimum absolute atomic E-state index is 0.424. The maximum atomic E-state index is 4.39. The van der Waals surface area contributed by atoms with E-state index in [-0.39, 0.29) is 0 Å². The molecule has 2 heterocycles. The van der Waals surface area contributed by atoms with Gasteiger partial charge in [-0.1, -0.05) is 13.8 Å². The number of hydrogen-bond acceptors (Lipinski definition) is 4. The lowest BCUT2D eigenvalue weighted by Gasteiger charge is -2.19. The molecular weight excluding hydrogens is 214 g/mol. The molecule has 2 aromatic heterocycles. The summed E-state index contributed by atoms with van der Waals surface area (Å²) in [5.41, 5.74) is 1.96. The smallest absolute Gasteiger partial charge is 0.161 e. The number of nitrogens with one attached hydrogen (secondary N) is 1. The number of hydrogen-bond donors (Lipinski definition) is 1. The molecule has 1 atom stereocenters. The van der Waals surface area contributed by atoms with E-state index in [1.54, 1.807) is 11.0 Å². The van der Waals surface area contributed by atoms with Crippen LogP contribution in [0.5, 0.6) is 0 Å². The molecule has 0 aliphatic rings. The molecule has 5 nitrogen and oxygen atoms in total. The molecule has 0 amide bonds. The van der Waals surface area contributed by atoms with Crippen molar-refractivity contribution in [1.82, 2.24) is 25.1 Å². The van der Waals surface area contributed by atoms with E-state index in [4.69, 9.17) is 0 Å².